The Morgan fingerprint density at radius 3 is 2.60 bits per heavy atom. The first-order valence-electron chi connectivity index (χ1n) is 4.75. The van der Waals surface area contributed by atoms with E-state index < -0.39 is 24.0 Å². The molecule has 1 amide bonds. The van der Waals surface area contributed by atoms with Crippen LogP contribution in [0.3, 0.4) is 0 Å². The van der Waals surface area contributed by atoms with Crippen molar-refractivity contribution < 1.29 is 14.7 Å². The molecule has 0 bridgehead atoms. The Bertz CT molecular complexity index is 270. The molecule has 0 spiro atoms. The molecule has 0 aromatic carbocycles. The van der Waals surface area contributed by atoms with E-state index in [2.05, 4.69) is 11.2 Å². The first-order valence-corrected chi connectivity index (χ1v) is 4.75. The van der Waals surface area contributed by atoms with Crippen molar-refractivity contribution in [1.82, 2.24) is 5.32 Å². The molecule has 0 saturated heterocycles. The maximum atomic E-state index is 11.3. The number of carbonyl (C=O) groups is 2. The fourth-order valence-electron chi connectivity index (χ4n) is 1.04. The van der Waals surface area contributed by atoms with Crippen LogP contribution in [0.15, 0.2) is 0 Å². The summed E-state index contributed by atoms with van der Waals surface area (Å²) < 4.78 is 0. The Morgan fingerprint density at radius 1 is 1.60 bits per heavy atom. The predicted octanol–water partition coefficient (Wildman–Crippen LogP) is -0.293. The maximum Gasteiger partial charge on any atom is 0.326 e. The third-order valence-electron chi connectivity index (χ3n) is 1.87. The number of aliphatic carboxylic acids is 1. The number of rotatable bonds is 6. The lowest BCUT2D eigenvalue weighted by atomic mass is 10.1. The fraction of sp³-hybridized carbons (Fsp3) is 0.600. The van der Waals surface area contributed by atoms with E-state index in [9.17, 15) is 9.59 Å². The molecule has 0 saturated carbocycles. The molecular weight excluding hydrogens is 196 g/mol. The molecule has 2 atom stereocenters. The van der Waals surface area contributed by atoms with E-state index in [0.717, 1.165) is 0 Å². The second-order valence-electron chi connectivity index (χ2n) is 3.20. The number of hydrogen-bond acceptors (Lipinski definition) is 3. The monoisotopic (exact) mass is 212 g/mol. The van der Waals surface area contributed by atoms with E-state index in [4.69, 9.17) is 17.3 Å². The van der Waals surface area contributed by atoms with Crippen molar-refractivity contribution in [3.8, 4) is 12.3 Å². The summed E-state index contributed by atoms with van der Waals surface area (Å²) in [5.74, 6) is 0.673. The van der Waals surface area contributed by atoms with Crippen molar-refractivity contribution >= 4 is 11.9 Å². The van der Waals surface area contributed by atoms with Crippen LogP contribution in [0.4, 0.5) is 0 Å². The normalized spacial score (nSPS) is 13.7. The molecule has 0 aromatic rings. The second kappa shape index (κ2) is 6.85. The number of carboxylic acids is 1. The Labute approximate surface area is 89.0 Å². The standard InChI is InChI=1S/C10H16N2O3/c1-3-5-7(11)9(13)12-8(6-4-2)10(14)15/h1,7-8H,4-6,11H2,2H3,(H,12,13)(H,14,15)/t7?,8-/m0/s1. The molecule has 0 aliphatic heterocycles. The van der Waals surface area contributed by atoms with E-state index >= 15 is 0 Å². The fourth-order valence-corrected chi connectivity index (χ4v) is 1.04. The van der Waals surface area contributed by atoms with Gasteiger partial charge in [0.25, 0.3) is 0 Å². The highest BCUT2D eigenvalue weighted by atomic mass is 16.4. The van der Waals surface area contributed by atoms with Gasteiger partial charge >= 0.3 is 5.97 Å². The Balaban J connectivity index is 4.23. The summed E-state index contributed by atoms with van der Waals surface area (Å²) in [6.07, 6.45) is 6.14. The number of hydrogen-bond donors (Lipinski definition) is 3. The molecule has 1 unspecified atom stereocenters. The van der Waals surface area contributed by atoms with Gasteiger partial charge in [0.05, 0.1) is 6.04 Å². The van der Waals surface area contributed by atoms with E-state index in [1.54, 1.807) is 0 Å². The zero-order valence-corrected chi connectivity index (χ0v) is 8.69. The zero-order chi connectivity index (χ0) is 11.8. The molecule has 0 radical (unpaired) electrons. The van der Waals surface area contributed by atoms with Crippen LogP contribution in [0, 0.1) is 12.3 Å². The van der Waals surface area contributed by atoms with Gasteiger partial charge in [-0.2, -0.15) is 0 Å². The number of carbonyl (C=O) groups excluding carboxylic acids is 1. The van der Waals surface area contributed by atoms with Crippen LogP contribution in [0.1, 0.15) is 26.2 Å². The lowest BCUT2D eigenvalue weighted by Gasteiger charge is -2.15. The first-order chi connectivity index (χ1) is 7.02. The molecule has 4 N–H and O–H groups in total. The average molecular weight is 212 g/mol. The molecule has 0 fully saturated rings. The van der Waals surface area contributed by atoms with Crippen LogP contribution in [-0.2, 0) is 9.59 Å². The number of carboxylic acid groups (broad SMARTS) is 1. The summed E-state index contributed by atoms with van der Waals surface area (Å²) in [6, 6.07) is -1.72. The largest absolute Gasteiger partial charge is 0.480 e. The quantitative estimate of drug-likeness (QED) is 0.527. The van der Waals surface area contributed by atoms with E-state index in [1.165, 1.54) is 0 Å². The third kappa shape index (κ3) is 5.03. The number of nitrogens with two attached hydrogens (primary N) is 1. The minimum absolute atomic E-state index is 0.101. The summed E-state index contributed by atoms with van der Waals surface area (Å²) in [5, 5.41) is 11.1. The number of terminal acetylenes is 1. The molecule has 5 heteroatoms. The van der Waals surface area contributed by atoms with Gasteiger partial charge < -0.3 is 16.2 Å². The van der Waals surface area contributed by atoms with Gasteiger partial charge in [0.15, 0.2) is 0 Å². The molecular formula is C10H16N2O3. The highest BCUT2D eigenvalue weighted by Gasteiger charge is 2.21. The van der Waals surface area contributed by atoms with Crippen molar-refractivity contribution in [1.29, 1.82) is 0 Å². The highest BCUT2D eigenvalue weighted by molar-refractivity contribution is 5.86. The lowest BCUT2D eigenvalue weighted by Crippen LogP contribution is -2.48. The van der Waals surface area contributed by atoms with Gasteiger partial charge in [0, 0.05) is 6.42 Å². The topological polar surface area (TPSA) is 92.4 Å². The maximum absolute atomic E-state index is 11.3. The van der Waals surface area contributed by atoms with Crippen LogP contribution in [0.25, 0.3) is 0 Å². The number of amides is 1. The highest BCUT2D eigenvalue weighted by Crippen LogP contribution is 1.98. The molecule has 0 aliphatic rings. The molecule has 84 valence electrons. The van der Waals surface area contributed by atoms with Crippen molar-refractivity contribution in [3.05, 3.63) is 0 Å². The molecule has 0 aliphatic carbocycles. The van der Waals surface area contributed by atoms with Crippen molar-refractivity contribution in [2.45, 2.75) is 38.3 Å². The van der Waals surface area contributed by atoms with Gasteiger partial charge in [-0.05, 0) is 6.42 Å². The molecule has 15 heavy (non-hydrogen) atoms. The van der Waals surface area contributed by atoms with Crippen molar-refractivity contribution in [2.75, 3.05) is 0 Å². The lowest BCUT2D eigenvalue weighted by molar-refractivity contribution is -0.142. The van der Waals surface area contributed by atoms with Gasteiger partial charge in [-0.25, -0.2) is 4.79 Å². The van der Waals surface area contributed by atoms with Crippen LogP contribution < -0.4 is 11.1 Å². The predicted molar refractivity (Wildman–Crippen MR) is 55.9 cm³/mol. The number of nitrogens with one attached hydrogen (secondary N) is 1. The summed E-state index contributed by atoms with van der Waals surface area (Å²) in [4.78, 5) is 22.0. The van der Waals surface area contributed by atoms with Gasteiger partial charge in [0.1, 0.15) is 6.04 Å². The van der Waals surface area contributed by atoms with Gasteiger partial charge in [0.2, 0.25) is 5.91 Å². The third-order valence-corrected chi connectivity index (χ3v) is 1.87. The van der Waals surface area contributed by atoms with Crippen molar-refractivity contribution in [2.24, 2.45) is 5.73 Å². The van der Waals surface area contributed by atoms with Crippen LogP contribution >= 0.6 is 0 Å². The minimum atomic E-state index is -1.06. The van der Waals surface area contributed by atoms with E-state index in [-0.39, 0.29) is 6.42 Å². The van der Waals surface area contributed by atoms with Crippen LogP contribution in [-0.4, -0.2) is 29.1 Å². The van der Waals surface area contributed by atoms with Crippen molar-refractivity contribution in [3.63, 3.8) is 0 Å². The van der Waals surface area contributed by atoms with Gasteiger partial charge in [-0.1, -0.05) is 13.3 Å². The summed E-state index contributed by atoms with van der Waals surface area (Å²) in [6.45, 7) is 1.84. The smallest absolute Gasteiger partial charge is 0.326 e. The second-order valence-corrected chi connectivity index (χ2v) is 3.20. The first kappa shape index (κ1) is 13.5. The minimum Gasteiger partial charge on any atom is -0.480 e. The average Bonchev–Trinajstić information content (AvgIpc) is 2.17. The SMILES string of the molecule is C#CCC(N)C(=O)N[C@@H](CCC)C(=O)O. The molecule has 0 aromatic heterocycles. The Morgan fingerprint density at radius 2 is 2.20 bits per heavy atom. The van der Waals surface area contributed by atoms with E-state index in [0.29, 0.717) is 12.8 Å². The zero-order valence-electron chi connectivity index (χ0n) is 8.69. The molecule has 0 rings (SSSR count). The van der Waals surface area contributed by atoms with Crippen LogP contribution in [0.5, 0.6) is 0 Å². The van der Waals surface area contributed by atoms with Crippen LogP contribution in [0.2, 0.25) is 0 Å². The molecule has 0 heterocycles. The summed E-state index contributed by atoms with van der Waals surface area (Å²) >= 11 is 0. The molecule has 5 nitrogen and oxygen atoms in total. The van der Waals surface area contributed by atoms with Gasteiger partial charge in [-0.3, -0.25) is 4.79 Å². The van der Waals surface area contributed by atoms with E-state index in [1.807, 2.05) is 6.92 Å². The Kier molecular flexibility index (Phi) is 6.14. The summed E-state index contributed by atoms with van der Waals surface area (Å²) in [7, 11) is 0. The van der Waals surface area contributed by atoms with Gasteiger partial charge in [-0.15, -0.1) is 12.3 Å². The summed E-state index contributed by atoms with van der Waals surface area (Å²) in [5.41, 5.74) is 5.42. The Hall–Kier alpha value is -1.54.